The van der Waals surface area contributed by atoms with Crippen LogP contribution in [0.1, 0.15) is 279 Å². The third-order valence-corrected chi connectivity index (χ3v) is 17.6. The molecule has 9 aromatic carbocycles. The zero-order valence-corrected chi connectivity index (χ0v) is 51.7. The van der Waals surface area contributed by atoms with Crippen molar-refractivity contribution < 1.29 is 0 Å². The standard InChI is InChI=1S/C77H94/c1-40(2)51-23-24-61(62(29-51)44(9)10)55-25-56-26-58(73-63(45(11)12)30-52(41(3)4)31-64(73)46(13)14)38-71-72-39-60(75-67(49(19)20)34-54(43(7)8)35-68(75)50(21)22)28-57-27-59(37-70(77(57)72)69(36-55)76(56)71)74-65(47(15)16)32-53(42(5)6)33-66(74)48(17)18/h23-50H,1-22H3. The van der Waals surface area contributed by atoms with Gasteiger partial charge in [0.15, 0.2) is 0 Å². The minimum absolute atomic E-state index is 0.356. The normalized spacial score (nSPS) is 12.8. The SMILES string of the molecule is CC(C)c1ccc(-c2cc3cc(-c4c(C(C)C)cc(C(C)C)cc4C(C)C)cc4c5cc(-c6c(C(C)C)cc(C(C)C)cc6C(C)C)cc6cc(-c7c(C(C)C)cc(C(C)C)cc7C(C)C)cc(c(c2)c34)c65)c(C(C)C)c1. The van der Waals surface area contributed by atoms with Gasteiger partial charge in [0, 0.05) is 0 Å². The largest absolute Gasteiger partial charge is 0.0587 e. The van der Waals surface area contributed by atoms with Crippen LogP contribution in [0.3, 0.4) is 0 Å². The van der Waals surface area contributed by atoms with Crippen molar-refractivity contribution in [1.29, 1.82) is 0 Å². The summed E-state index contributed by atoms with van der Waals surface area (Å²) in [6.07, 6.45) is 0. The van der Waals surface area contributed by atoms with E-state index in [-0.39, 0.29) is 0 Å². The summed E-state index contributed by atoms with van der Waals surface area (Å²) in [5, 5.41) is 10.8. The van der Waals surface area contributed by atoms with E-state index in [1.807, 2.05) is 0 Å². The van der Waals surface area contributed by atoms with Crippen molar-refractivity contribution in [2.75, 3.05) is 0 Å². The molecule has 0 heteroatoms. The maximum absolute atomic E-state index is 2.63. The Balaban J connectivity index is 1.57. The number of benzene rings is 9. The predicted octanol–water partition coefficient (Wildman–Crippen LogP) is 24.8. The third-order valence-electron chi connectivity index (χ3n) is 17.6. The van der Waals surface area contributed by atoms with Crippen LogP contribution in [0, 0.1) is 0 Å². The zero-order chi connectivity index (χ0) is 56.0. The lowest BCUT2D eigenvalue weighted by molar-refractivity contribution is 0.807. The van der Waals surface area contributed by atoms with Gasteiger partial charge in [0.1, 0.15) is 0 Å². The first-order chi connectivity index (χ1) is 36.3. The third kappa shape index (κ3) is 10.2. The molecule has 9 rings (SSSR count). The lowest BCUT2D eigenvalue weighted by Gasteiger charge is -2.27. The van der Waals surface area contributed by atoms with Crippen molar-refractivity contribution in [1.82, 2.24) is 0 Å². The second kappa shape index (κ2) is 21.5. The molecule has 0 N–H and O–H groups in total. The van der Waals surface area contributed by atoms with Crippen LogP contribution in [0.15, 0.2) is 103 Å². The van der Waals surface area contributed by atoms with Gasteiger partial charge in [-0.25, -0.2) is 0 Å². The van der Waals surface area contributed by atoms with Crippen LogP contribution in [0.5, 0.6) is 0 Å². The Labute approximate surface area is 466 Å². The lowest BCUT2D eigenvalue weighted by atomic mass is 9.77. The Morgan fingerprint density at radius 2 is 0.442 bits per heavy atom. The summed E-state index contributed by atoms with van der Waals surface area (Å²) in [4.78, 5) is 0. The quantitative estimate of drug-likeness (QED) is 0.0709. The molecule has 0 aromatic heterocycles. The molecular formula is C77H94. The first-order valence-electron chi connectivity index (χ1n) is 30.2. The number of rotatable bonds is 15. The number of fused-ring (bicyclic) bond motifs is 2. The number of hydrogen-bond acceptors (Lipinski definition) is 0. The minimum Gasteiger partial charge on any atom is -0.0587 e. The summed E-state index contributed by atoms with van der Waals surface area (Å²) in [6.45, 7) is 52.4. The summed E-state index contributed by atoms with van der Waals surface area (Å²) in [5.41, 5.74) is 26.7. The van der Waals surface area contributed by atoms with Crippen molar-refractivity contribution in [3.05, 3.63) is 164 Å². The van der Waals surface area contributed by atoms with Crippen LogP contribution in [0.4, 0.5) is 0 Å². The molecule has 0 atom stereocenters. The first-order valence-corrected chi connectivity index (χ1v) is 30.2. The first kappa shape index (κ1) is 56.0. The molecule has 0 spiro atoms. The summed E-state index contributed by atoms with van der Waals surface area (Å²) in [7, 11) is 0. The molecular weight excluding hydrogens is 925 g/mol. The average Bonchev–Trinajstić information content (AvgIpc) is 3.48. The van der Waals surface area contributed by atoms with E-state index >= 15 is 0 Å². The van der Waals surface area contributed by atoms with Gasteiger partial charge in [-0.3, -0.25) is 0 Å². The monoisotopic (exact) mass is 1020 g/mol. The van der Waals surface area contributed by atoms with Crippen LogP contribution in [-0.4, -0.2) is 0 Å². The van der Waals surface area contributed by atoms with E-state index in [0.29, 0.717) is 65.1 Å². The van der Waals surface area contributed by atoms with Crippen molar-refractivity contribution in [2.45, 2.75) is 217 Å². The van der Waals surface area contributed by atoms with Crippen molar-refractivity contribution >= 4 is 43.1 Å². The maximum Gasteiger partial charge on any atom is -0.00255 e. The highest BCUT2D eigenvalue weighted by atomic mass is 14.3. The fraction of sp³-hybridized carbons (Fsp3) is 0.429. The Morgan fingerprint density at radius 1 is 0.208 bits per heavy atom. The van der Waals surface area contributed by atoms with E-state index in [1.165, 1.54) is 149 Å². The van der Waals surface area contributed by atoms with Crippen LogP contribution >= 0.6 is 0 Å². The molecule has 0 aliphatic heterocycles. The molecule has 0 unspecified atom stereocenters. The highest BCUT2D eigenvalue weighted by Crippen LogP contribution is 2.51. The van der Waals surface area contributed by atoms with Crippen molar-refractivity contribution in [3.8, 4) is 44.5 Å². The van der Waals surface area contributed by atoms with E-state index in [0.717, 1.165) is 0 Å². The minimum atomic E-state index is 0.356. The van der Waals surface area contributed by atoms with Crippen LogP contribution in [0.25, 0.3) is 87.6 Å². The zero-order valence-electron chi connectivity index (χ0n) is 51.7. The Morgan fingerprint density at radius 3 is 0.688 bits per heavy atom. The Bertz CT molecular complexity index is 3570. The molecule has 0 nitrogen and oxygen atoms in total. The molecule has 0 bridgehead atoms. The van der Waals surface area contributed by atoms with E-state index < -0.39 is 0 Å². The Hall–Kier alpha value is -5.72. The van der Waals surface area contributed by atoms with Gasteiger partial charge in [0.25, 0.3) is 0 Å². The van der Waals surface area contributed by atoms with Gasteiger partial charge in [-0.2, -0.15) is 0 Å². The molecule has 0 aliphatic rings. The topological polar surface area (TPSA) is 0 Å². The predicted molar refractivity (Wildman–Crippen MR) is 344 cm³/mol. The molecule has 0 aliphatic carbocycles. The van der Waals surface area contributed by atoms with Crippen LogP contribution < -0.4 is 0 Å². The summed E-state index contributed by atoms with van der Waals surface area (Å²) >= 11 is 0. The fourth-order valence-electron chi connectivity index (χ4n) is 13.0. The van der Waals surface area contributed by atoms with E-state index in [4.69, 9.17) is 0 Å². The highest BCUT2D eigenvalue weighted by molar-refractivity contribution is 6.35. The second-order valence-corrected chi connectivity index (χ2v) is 27.1. The molecule has 9 aromatic rings. The summed E-state index contributed by atoms with van der Waals surface area (Å²) < 4.78 is 0. The smallest absolute Gasteiger partial charge is 0.00255 e. The van der Waals surface area contributed by atoms with Crippen molar-refractivity contribution in [3.63, 3.8) is 0 Å². The van der Waals surface area contributed by atoms with Gasteiger partial charge in [-0.05, 0) is 262 Å². The highest BCUT2D eigenvalue weighted by Gasteiger charge is 2.27. The summed E-state index contributed by atoms with van der Waals surface area (Å²) in [5.74, 6) is 4.29. The van der Waals surface area contributed by atoms with Crippen molar-refractivity contribution in [2.24, 2.45) is 0 Å². The van der Waals surface area contributed by atoms with Gasteiger partial charge in [-0.15, -0.1) is 0 Å². The number of hydrogen-bond donors (Lipinski definition) is 0. The van der Waals surface area contributed by atoms with Crippen LogP contribution in [-0.2, 0) is 0 Å². The van der Waals surface area contributed by atoms with E-state index in [1.54, 1.807) is 0 Å². The van der Waals surface area contributed by atoms with Gasteiger partial charge in [0.2, 0.25) is 0 Å². The van der Waals surface area contributed by atoms with Gasteiger partial charge in [0.05, 0.1) is 0 Å². The average molecular weight is 1020 g/mol. The Kier molecular flexibility index (Phi) is 15.6. The molecule has 0 radical (unpaired) electrons. The van der Waals surface area contributed by atoms with Crippen LogP contribution in [0.2, 0.25) is 0 Å². The van der Waals surface area contributed by atoms with Gasteiger partial charge < -0.3 is 0 Å². The molecule has 77 heavy (non-hydrogen) atoms. The second-order valence-electron chi connectivity index (χ2n) is 27.1. The molecule has 0 amide bonds. The molecule has 402 valence electrons. The fourth-order valence-corrected chi connectivity index (χ4v) is 13.0. The van der Waals surface area contributed by atoms with E-state index in [2.05, 4.69) is 255 Å². The molecule has 0 saturated carbocycles. The summed E-state index contributed by atoms with van der Waals surface area (Å²) in [6, 6.07) is 43.5. The lowest BCUT2D eigenvalue weighted by Crippen LogP contribution is -2.05. The maximum atomic E-state index is 2.63. The van der Waals surface area contributed by atoms with Gasteiger partial charge >= 0.3 is 0 Å². The molecule has 0 fully saturated rings. The molecule has 0 saturated heterocycles. The molecule has 0 heterocycles. The van der Waals surface area contributed by atoms with Gasteiger partial charge in [-0.1, -0.05) is 207 Å². The van der Waals surface area contributed by atoms with E-state index in [9.17, 15) is 0 Å².